The lowest BCUT2D eigenvalue weighted by Crippen LogP contribution is -2.24. The van der Waals surface area contributed by atoms with E-state index in [9.17, 15) is 14.7 Å². The van der Waals surface area contributed by atoms with Crippen molar-refractivity contribution in [2.75, 3.05) is 7.11 Å². The molecule has 0 radical (unpaired) electrons. The molecule has 0 fully saturated rings. The zero-order chi connectivity index (χ0) is 21.8. The van der Waals surface area contributed by atoms with Gasteiger partial charge in [-0.25, -0.2) is 0 Å². The molecule has 1 aliphatic carbocycles. The third kappa shape index (κ3) is 4.14. The molecule has 156 valence electrons. The number of Topliss-reactive ketones (excluding diaryl/α,β-unsaturated/α-hetero) is 2. The van der Waals surface area contributed by atoms with Gasteiger partial charge in [-0.2, -0.15) is 0 Å². The van der Waals surface area contributed by atoms with Crippen LogP contribution in [0.4, 0.5) is 0 Å². The van der Waals surface area contributed by atoms with Crippen molar-refractivity contribution in [1.29, 1.82) is 0 Å². The second-order valence-corrected chi connectivity index (χ2v) is 6.93. The van der Waals surface area contributed by atoms with Gasteiger partial charge in [-0.05, 0) is 17.2 Å². The Morgan fingerprint density at radius 3 is 1.94 bits per heavy atom. The van der Waals surface area contributed by atoms with Crippen LogP contribution in [0.3, 0.4) is 0 Å². The molecule has 0 amide bonds. The van der Waals surface area contributed by atoms with Crippen molar-refractivity contribution >= 4 is 11.6 Å². The summed E-state index contributed by atoms with van der Waals surface area (Å²) in [4.78, 5) is 25.6. The van der Waals surface area contributed by atoms with Gasteiger partial charge in [0, 0.05) is 11.6 Å². The van der Waals surface area contributed by atoms with Gasteiger partial charge in [-0.15, -0.1) is 0 Å². The fourth-order valence-electron chi connectivity index (χ4n) is 3.32. The van der Waals surface area contributed by atoms with Crippen LogP contribution in [-0.4, -0.2) is 23.8 Å². The highest BCUT2D eigenvalue weighted by Gasteiger charge is 2.36. The van der Waals surface area contributed by atoms with Crippen LogP contribution in [0.1, 0.15) is 31.8 Å². The topological polar surface area (TPSA) is 82.1 Å². The molecule has 0 aliphatic heterocycles. The lowest BCUT2D eigenvalue weighted by Gasteiger charge is -2.21. The van der Waals surface area contributed by atoms with E-state index in [4.69, 9.17) is 14.2 Å². The maximum atomic E-state index is 12.9. The van der Waals surface area contributed by atoms with Crippen LogP contribution in [0.25, 0.3) is 0 Å². The fourth-order valence-corrected chi connectivity index (χ4v) is 3.32. The molecule has 1 aliphatic rings. The van der Waals surface area contributed by atoms with Gasteiger partial charge in [-0.1, -0.05) is 60.7 Å². The molecule has 0 unspecified atom stereocenters. The number of carbonyl (C=O) groups excluding carboxylic acids is 2. The second-order valence-electron chi connectivity index (χ2n) is 6.93. The number of carbonyl (C=O) groups is 2. The minimum absolute atomic E-state index is 0.0110. The Labute approximate surface area is 179 Å². The fraction of sp³-hybridized carbons (Fsp3) is 0.120. The van der Waals surface area contributed by atoms with E-state index in [0.717, 1.165) is 11.1 Å². The third-order valence-electron chi connectivity index (χ3n) is 4.87. The van der Waals surface area contributed by atoms with Crippen LogP contribution >= 0.6 is 0 Å². The first-order chi connectivity index (χ1) is 15.1. The molecule has 0 spiro atoms. The van der Waals surface area contributed by atoms with E-state index in [-0.39, 0.29) is 30.1 Å². The average Bonchev–Trinajstić information content (AvgIpc) is 2.81. The summed E-state index contributed by atoms with van der Waals surface area (Å²) >= 11 is 0. The number of ether oxygens (including phenoxy) is 3. The lowest BCUT2D eigenvalue weighted by molar-refractivity contribution is 0.0851. The smallest absolute Gasteiger partial charge is 0.236 e. The summed E-state index contributed by atoms with van der Waals surface area (Å²) in [6, 6.07) is 22.0. The summed E-state index contributed by atoms with van der Waals surface area (Å²) in [7, 11) is 1.23. The molecular formula is C25H20O6. The number of ketones is 2. The summed E-state index contributed by atoms with van der Waals surface area (Å²) in [5.74, 6) is -1.94. The van der Waals surface area contributed by atoms with E-state index < -0.39 is 23.1 Å². The van der Waals surface area contributed by atoms with Gasteiger partial charge in [0.15, 0.2) is 0 Å². The molecule has 31 heavy (non-hydrogen) atoms. The number of methoxy groups -OCH3 is 1. The Kier molecular flexibility index (Phi) is 5.71. The zero-order valence-corrected chi connectivity index (χ0v) is 16.8. The first-order valence-corrected chi connectivity index (χ1v) is 9.66. The second kappa shape index (κ2) is 8.75. The van der Waals surface area contributed by atoms with E-state index in [0.29, 0.717) is 5.75 Å². The van der Waals surface area contributed by atoms with E-state index in [1.807, 2.05) is 60.7 Å². The van der Waals surface area contributed by atoms with Gasteiger partial charge in [0.05, 0.1) is 12.7 Å². The van der Waals surface area contributed by atoms with Crippen molar-refractivity contribution in [2.24, 2.45) is 0 Å². The molecule has 0 aromatic heterocycles. The molecule has 3 aromatic rings. The Balaban J connectivity index is 1.71. The molecule has 0 saturated heterocycles. The summed E-state index contributed by atoms with van der Waals surface area (Å²) in [6.07, 6.45) is 0. The van der Waals surface area contributed by atoms with Crippen LogP contribution in [0.2, 0.25) is 0 Å². The van der Waals surface area contributed by atoms with Gasteiger partial charge in [0.25, 0.3) is 0 Å². The quantitative estimate of drug-likeness (QED) is 0.604. The van der Waals surface area contributed by atoms with Crippen molar-refractivity contribution < 1.29 is 28.9 Å². The minimum atomic E-state index is -0.728. The largest absolute Gasteiger partial charge is 0.501 e. The Morgan fingerprint density at radius 1 is 0.774 bits per heavy atom. The Hall–Kier alpha value is -4.06. The van der Waals surface area contributed by atoms with Crippen LogP contribution in [0.5, 0.6) is 11.5 Å². The van der Waals surface area contributed by atoms with Crippen LogP contribution in [-0.2, 0) is 18.0 Å². The van der Waals surface area contributed by atoms with Gasteiger partial charge >= 0.3 is 0 Å². The predicted molar refractivity (Wildman–Crippen MR) is 113 cm³/mol. The molecule has 6 heteroatoms. The van der Waals surface area contributed by atoms with Gasteiger partial charge in [-0.3, -0.25) is 9.59 Å². The summed E-state index contributed by atoms with van der Waals surface area (Å²) in [5.41, 5.74) is 1.89. The number of hydrogen-bond acceptors (Lipinski definition) is 6. The molecule has 0 bridgehead atoms. The molecule has 0 heterocycles. The van der Waals surface area contributed by atoms with Crippen molar-refractivity contribution in [3.63, 3.8) is 0 Å². The van der Waals surface area contributed by atoms with Crippen molar-refractivity contribution in [3.8, 4) is 11.5 Å². The van der Waals surface area contributed by atoms with Crippen molar-refractivity contribution in [2.45, 2.75) is 13.2 Å². The Morgan fingerprint density at radius 2 is 1.35 bits per heavy atom. The first kappa shape index (κ1) is 20.2. The summed E-state index contributed by atoms with van der Waals surface area (Å²) in [6.45, 7) is 0.458. The predicted octanol–water partition coefficient (Wildman–Crippen LogP) is 4.64. The molecular weight excluding hydrogens is 396 g/mol. The Bertz CT molecular complexity index is 1150. The molecule has 3 aromatic carbocycles. The lowest BCUT2D eigenvalue weighted by atomic mass is 9.91. The van der Waals surface area contributed by atoms with E-state index in [2.05, 4.69) is 0 Å². The highest BCUT2D eigenvalue weighted by atomic mass is 16.5. The summed E-state index contributed by atoms with van der Waals surface area (Å²) < 4.78 is 16.7. The number of benzene rings is 3. The number of rotatable bonds is 7. The minimum Gasteiger partial charge on any atom is -0.501 e. The van der Waals surface area contributed by atoms with Crippen LogP contribution in [0.15, 0.2) is 84.3 Å². The van der Waals surface area contributed by atoms with E-state index in [1.54, 1.807) is 6.07 Å². The monoisotopic (exact) mass is 416 g/mol. The average molecular weight is 416 g/mol. The normalized spacial score (nSPS) is 13.1. The number of fused-ring (bicyclic) bond motifs is 1. The SMILES string of the molecule is COC1=C(O)C(=O)c2cc(OCc3ccccc3)cc(OCc3ccccc3)c2C1=O. The van der Waals surface area contributed by atoms with Gasteiger partial charge in [0.1, 0.15) is 24.7 Å². The van der Waals surface area contributed by atoms with E-state index >= 15 is 0 Å². The van der Waals surface area contributed by atoms with Gasteiger partial charge in [0.2, 0.25) is 23.1 Å². The first-order valence-electron chi connectivity index (χ1n) is 9.66. The van der Waals surface area contributed by atoms with Gasteiger partial charge < -0.3 is 19.3 Å². The molecule has 0 atom stereocenters. The van der Waals surface area contributed by atoms with Crippen LogP contribution < -0.4 is 9.47 Å². The number of aliphatic hydroxyl groups excluding tert-OH is 1. The van der Waals surface area contributed by atoms with Crippen LogP contribution in [0, 0.1) is 0 Å². The van der Waals surface area contributed by atoms with E-state index in [1.165, 1.54) is 13.2 Å². The highest BCUT2D eigenvalue weighted by molar-refractivity contribution is 6.26. The molecule has 4 rings (SSSR count). The summed E-state index contributed by atoms with van der Waals surface area (Å²) in [5, 5.41) is 10.2. The molecule has 1 N–H and O–H groups in total. The van der Waals surface area contributed by atoms with Crippen molar-refractivity contribution in [1.82, 2.24) is 0 Å². The standard InChI is InChI=1S/C25H20O6/c1-29-25-23(27)21-19(22(26)24(25)28)12-18(30-14-16-8-4-2-5-9-16)13-20(21)31-15-17-10-6-3-7-11-17/h2-13,28H,14-15H2,1H3. The highest BCUT2D eigenvalue weighted by Crippen LogP contribution is 2.36. The maximum absolute atomic E-state index is 12.9. The molecule has 6 nitrogen and oxygen atoms in total. The maximum Gasteiger partial charge on any atom is 0.236 e. The van der Waals surface area contributed by atoms with Crippen molar-refractivity contribution in [3.05, 3.63) is 107 Å². The number of allylic oxidation sites excluding steroid dienone is 2. The number of hydrogen-bond donors (Lipinski definition) is 1. The zero-order valence-electron chi connectivity index (χ0n) is 16.8. The molecule has 0 saturated carbocycles. The number of aliphatic hydroxyl groups is 1. The third-order valence-corrected chi connectivity index (χ3v) is 4.87.